The number of amidine groups is 1. The molecule has 0 fully saturated rings. The maximum Gasteiger partial charge on any atom is 0.117 e. The van der Waals surface area contributed by atoms with Crippen LogP contribution in [0.15, 0.2) is 0 Å². The molecule has 48 valence electrons. The van der Waals surface area contributed by atoms with E-state index < -0.39 is 0 Å². The van der Waals surface area contributed by atoms with Crippen molar-refractivity contribution in [3.63, 3.8) is 0 Å². The summed E-state index contributed by atoms with van der Waals surface area (Å²) >= 11 is 0. The molecule has 3 nitrogen and oxygen atoms in total. The van der Waals surface area contributed by atoms with E-state index in [2.05, 4.69) is 0 Å². The Morgan fingerprint density at radius 1 is 1.75 bits per heavy atom. The maximum absolute atomic E-state index is 6.73. The fourth-order valence-electron chi connectivity index (χ4n) is 0.326. The molecule has 0 unspecified atom stereocenters. The van der Waals surface area contributed by atoms with Gasteiger partial charge >= 0.3 is 0 Å². The number of hydrogen-bond donors (Lipinski definition) is 2. The van der Waals surface area contributed by atoms with E-state index in [1.165, 1.54) is 0 Å². The van der Waals surface area contributed by atoms with Crippen molar-refractivity contribution in [3.8, 4) is 0 Å². The van der Waals surface area contributed by atoms with Crippen molar-refractivity contribution in [3.05, 3.63) is 0 Å². The Kier molecular flexibility index (Phi) is 4.26. The molecule has 8 heavy (non-hydrogen) atoms. The second kappa shape index (κ2) is 4.59. The quantitative estimate of drug-likeness (QED) is 0.316. The summed E-state index contributed by atoms with van der Waals surface area (Å²) in [5, 5.41) is 6.73. The molecule has 0 rings (SSSR count). The Morgan fingerprint density at radius 3 is 2.75 bits per heavy atom. The van der Waals surface area contributed by atoms with Gasteiger partial charge in [0.05, 0.1) is 0 Å². The molecule has 0 heterocycles. The predicted molar refractivity (Wildman–Crippen MR) is 33.0 cm³/mol. The number of hydrogen-bond acceptors (Lipinski definition) is 2. The minimum atomic E-state index is 0.0958. The number of rotatable bonds is 4. The molecule has 0 spiro atoms. The highest BCUT2D eigenvalue weighted by Crippen LogP contribution is 1.77. The van der Waals surface area contributed by atoms with Gasteiger partial charge in [-0.3, -0.25) is 5.41 Å². The number of nitrogens with one attached hydrogen (secondary N) is 1. The van der Waals surface area contributed by atoms with Gasteiger partial charge in [-0.15, -0.1) is 0 Å². The molecule has 0 atom stereocenters. The molecule has 0 amide bonds. The monoisotopic (exact) mass is 116 g/mol. The third kappa shape index (κ3) is 5.43. The first-order valence-corrected chi connectivity index (χ1v) is 2.68. The maximum atomic E-state index is 6.73. The standard InChI is InChI=1S/C5H12N2O/c1-2-3-8-4-5(6)7/h2-4H2,1H3,(H3,6,7). The first-order valence-electron chi connectivity index (χ1n) is 2.68. The molecule has 0 saturated heterocycles. The van der Waals surface area contributed by atoms with Crippen LogP contribution in [0, 0.1) is 5.41 Å². The fourth-order valence-corrected chi connectivity index (χ4v) is 0.326. The minimum absolute atomic E-state index is 0.0958. The van der Waals surface area contributed by atoms with Gasteiger partial charge in [0, 0.05) is 6.61 Å². The normalized spacial score (nSPS) is 9.12. The van der Waals surface area contributed by atoms with Crippen molar-refractivity contribution in [1.29, 1.82) is 5.41 Å². The van der Waals surface area contributed by atoms with Crippen molar-refractivity contribution in [2.75, 3.05) is 13.2 Å². The minimum Gasteiger partial charge on any atom is -0.386 e. The van der Waals surface area contributed by atoms with E-state index >= 15 is 0 Å². The highest BCUT2D eigenvalue weighted by atomic mass is 16.5. The molecule has 0 aliphatic heterocycles. The SMILES string of the molecule is CCCOCC(=N)N. The van der Waals surface area contributed by atoms with Crippen LogP contribution in [0.5, 0.6) is 0 Å². The molecule has 0 aromatic rings. The predicted octanol–water partition coefficient (Wildman–Crippen LogP) is 0.349. The molecule has 3 heteroatoms. The molecular formula is C5H12N2O. The first-order chi connectivity index (χ1) is 3.77. The molecule has 0 radical (unpaired) electrons. The fraction of sp³-hybridized carbons (Fsp3) is 0.800. The van der Waals surface area contributed by atoms with Crippen molar-refractivity contribution in [1.82, 2.24) is 0 Å². The van der Waals surface area contributed by atoms with Crippen LogP contribution in [0.4, 0.5) is 0 Å². The Hall–Kier alpha value is -0.570. The molecule has 0 aromatic carbocycles. The van der Waals surface area contributed by atoms with Crippen LogP contribution in [0.25, 0.3) is 0 Å². The van der Waals surface area contributed by atoms with Gasteiger partial charge in [0.2, 0.25) is 0 Å². The average Bonchev–Trinajstić information content (AvgIpc) is 1.66. The Balaban J connectivity index is 2.82. The molecule has 0 saturated carbocycles. The lowest BCUT2D eigenvalue weighted by Gasteiger charge is -1.97. The second-order valence-electron chi connectivity index (χ2n) is 1.58. The van der Waals surface area contributed by atoms with Crippen molar-refractivity contribution in [2.45, 2.75) is 13.3 Å². The van der Waals surface area contributed by atoms with Gasteiger partial charge in [0.15, 0.2) is 0 Å². The largest absolute Gasteiger partial charge is 0.386 e. The molecule has 0 aliphatic carbocycles. The van der Waals surface area contributed by atoms with Gasteiger partial charge in [-0.25, -0.2) is 0 Å². The van der Waals surface area contributed by atoms with E-state index in [0.29, 0.717) is 6.61 Å². The first kappa shape index (κ1) is 7.43. The van der Waals surface area contributed by atoms with E-state index in [1.807, 2.05) is 6.92 Å². The zero-order chi connectivity index (χ0) is 6.41. The highest BCUT2D eigenvalue weighted by Gasteiger charge is 1.85. The van der Waals surface area contributed by atoms with E-state index in [4.69, 9.17) is 15.9 Å². The smallest absolute Gasteiger partial charge is 0.117 e. The summed E-state index contributed by atoms with van der Waals surface area (Å²) in [7, 11) is 0. The van der Waals surface area contributed by atoms with E-state index in [9.17, 15) is 0 Å². The zero-order valence-electron chi connectivity index (χ0n) is 5.11. The summed E-state index contributed by atoms with van der Waals surface area (Å²) in [5.74, 6) is 0.0958. The Bertz CT molecular complexity index is 72.8. The van der Waals surface area contributed by atoms with Crippen LogP contribution in [-0.4, -0.2) is 19.0 Å². The van der Waals surface area contributed by atoms with Crippen LogP contribution in [0.1, 0.15) is 13.3 Å². The van der Waals surface area contributed by atoms with Crippen LogP contribution in [0.3, 0.4) is 0 Å². The Morgan fingerprint density at radius 2 is 2.38 bits per heavy atom. The van der Waals surface area contributed by atoms with Gasteiger partial charge < -0.3 is 10.5 Å². The van der Waals surface area contributed by atoms with Crippen LogP contribution < -0.4 is 5.73 Å². The average molecular weight is 116 g/mol. The number of ether oxygens (including phenoxy) is 1. The molecule has 0 aromatic heterocycles. The van der Waals surface area contributed by atoms with Crippen LogP contribution in [0.2, 0.25) is 0 Å². The molecule has 0 bridgehead atoms. The third-order valence-electron chi connectivity index (χ3n) is 0.606. The van der Waals surface area contributed by atoms with Gasteiger partial charge in [0.25, 0.3) is 0 Å². The summed E-state index contributed by atoms with van der Waals surface area (Å²) in [5.41, 5.74) is 4.99. The summed E-state index contributed by atoms with van der Waals surface area (Å²) < 4.78 is 4.89. The summed E-state index contributed by atoms with van der Waals surface area (Å²) in [6.07, 6.45) is 0.979. The molecular weight excluding hydrogens is 104 g/mol. The van der Waals surface area contributed by atoms with Crippen LogP contribution in [-0.2, 0) is 4.74 Å². The Labute approximate surface area is 49.3 Å². The van der Waals surface area contributed by atoms with Gasteiger partial charge in [-0.05, 0) is 6.42 Å². The van der Waals surface area contributed by atoms with Crippen molar-refractivity contribution >= 4 is 5.84 Å². The highest BCUT2D eigenvalue weighted by molar-refractivity contribution is 5.78. The summed E-state index contributed by atoms with van der Waals surface area (Å²) in [6, 6.07) is 0. The third-order valence-corrected chi connectivity index (χ3v) is 0.606. The summed E-state index contributed by atoms with van der Waals surface area (Å²) in [4.78, 5) is 0. The lowest BCUT2D eigenvalue weighted by molar-refractivity contribution is 0.171. The van der Waals surface area contributed by atoms with Crippen LogP contribution >= 0.6 is 0 Å². The van der Waals surface area contributed by atoms with Gasteiger partial charge in [-0.1, -0.05) is 6.92 Å². The van der Waals surface area contributed by atoms with Gasteiger partial charge in [-0.2, -0.15) is 0 Å². The van der Waals surface area contributed by atoms with E-state index in [-0.39, 0.29) is 12.4 Å². The van der Waals surface area contributed by atoms with Crippen molar-refractivity contribution < 1.29 is 4.74 Å². The van der Waals surface area contributed by atoms with Gasteiger partial charge in [0.1, 0.15) is 12.4 Å². The topological polar surface area (TPSA) is 59.1 Å². The van der Waals surface area contributed by atoms with E-state index in [0.717, 1.165) is 6.42 Å². The number of nitrogens with two attached hydrogens (primary N) is 1. The zero-order valence-corrected chi connectivity index (χ0v) is 5.11. The second-order valence-corrected chi connectivity index (χ2v) is 1.58. The molecule has 3 N–H and O–H groups in total. The van der Waals surface area contributed by atoms with E-state index in [1.54, 1.807) is 0 Å². The lowest BCUT2D eigenvalue weighted by atomic mass is 10.5. The molecule has 0 aliphatic rings. The summed E-state index contributed by atoms with van der Waals surface area (Å²) in [6.45, 7) is 2.98. The van der Waals surface area contributed by atoms with Crippen molar-refractivity contribution in [2.24, 2.45) is 5.73 Å². The lowest BCUT2D eigenvalue weighted by Crippen LogP contribution is -2.17.